The summed E-state index contributed by atoms with van der Waals surface area (Å²) in [6.45, 7) is 6.49. The zero-order valence-corrected chi connectivity index (χ0v) is 9.71. The highest BCUT2D eigenvalue weighted by molar-refractivity contribution is 6.33. The van der Waals surface area contributed by atoms with Gasteiger partial charge in [-0.25, -0.2) is 0 Å². The molecule has 0 saturated carbocycles. The van der Waals surface area contributed by atoms with E-state index in [0.717, 1.165) is 17.5 Å². The summed E-state index contributed by atoms with van der Waals surface area (Å²) in [7, 11) is 1.91. The summed E-state index contributed by atoms with van der Waals surface area (Å²) in [6, 6.07) is 5.42. The monoisotopic (exact) mass is 223 g/mol. The van der Waals surface area contributed by atoms with Crippen molar-refractivity contribution >= 4 is 23.6 Å². The quantitative estimate of drug-likeness (QED) is 0.577. The SMILES string of the molecule is C=C(C)CN(C)c1cccc(Cl)c1C=O. The number of likely N-dealkylation sites (N-methyl/N-ethyl adjacent to an activating group) is 1. The molecule has 80 valence electrons. The molecule has 0 atom stereocenters. The molecule has 0 aromatic heterocycles. The maximum absolute atomic E-state index is 10.9. The van der Waals surface area contributed by atoms with Crippen molar-refractivity contribution in [1.82, 2.24) is 0 Å². The van der Waals surface area contributed by atoms with Crippen molar-refractivity contribution in [2.45, 2.75) is 6.92 Å². The summed E-state index contributed by atoms with van der Waals surface area (Å²) >= 11 is 5.93. The average molecular weight is 224 g/mol. The smallest absolute Gasteiger partial charge is 0.153 e. The molecule has 0 radical (unpaired) electrons. The first-order chi connectivity index (χ1) is 7.06. The molecule has 0 amide bonds. The van der Waals surface area contributed by atoms with Crippen molar-refractivity contribution in [3.05, 3.63) is 40.9 Å². The van der Waals surface area contributed by atoms with Crippen LogP contribution in [0.15, 0.2) is 30.4 Å². The third-order valence-electron chi connectivity index (χ3n) is 2.07. The second kappa shape index (κ2) is 4.99. The maximum atomic E-state index is 10.9. The minimum absolute atomic E-state index is 0.482. The number of halogens is 1. The van der Waals surface area contributed by atoms with Gasteiger partial charge in [0.15, 0.2) is 6.29 Å². The normalized spacial score (nSPS) is 9.80. The topological polar surface area (TPSA) is 20.3 Å². The largest absolute Gasteiger partial charge is 0.370 e. The van der Waals surface area contributed by atoms with Gasteiger partial charge in [0.1, 0.15) is 0 Å². The summed E-state index contributed by atoms with van der Waals surface area (Å²) in [4.78, 5) is 12.9. The second-order valence-corrected chi connectivity index (χ2v) is 4.01. The van der Waals surface area contributed by atoms with Crippen LogP contribution in [0.25, 0.3) is 0 Å². The van der Waals surface area contributed by atoms with Crippen molar-refractivity contribution in [3.8, 4) is 0 Å². The third kappa shape index (κ3) is 2.83. The van der Waals surface area contributed by atoms with Gasteiger partial charge in [-0.15, -0.1) is 0 Å². The Morgan fingerprint density at radius 3 is 2.80 bits per heavy atom. The summed E-state index contributed by atoms with van der Waals surface area (Å²) in [6.07, 6.45) is 0.784. The number of rotatable bonds is 4. The lowest BCUT2D eigenvalue weighted by molar-refractivity contribution is 0.112. The Bertz CT molecular complexity index is 387. The van der Waals surface area contributed by atoms with Gasteiger partial charge in [0, 0.05) is 19.3 Å². The van der Waals surface area contributed by atoms with Gasteiger partial charge in [0.2, 0.25) is 0 Å². The summed E-state index contributed by atoms with van der Waals surface area (Å²) < 4.78 is 0. The van der Waals surface area contributed by atoms with Crippen LogP contribution in [0.1, 0.15) is 17.3 Å². The standard InChI is InChI=1S/C12H14ClNO/c1-9(2)7-14(3)12-6-4-5-11(13)10(12)8-15/h4-6,8H,1,7H2,2-3H3. The number of nitrogens with zero attached hydrogens (tertiary/aromatic N) is 1. The zero-order valence-electron chi connectivity index (χ0n) is 8.96. The van der Waals surface area contributed by atoms with E-state index in [1.807, 2.05) is 31.0 Å². The third-order valence-corrected chi connectivity index (χ3v) is 2.40. The van der Waals surface area contributed by atoms with E-state index in [-0.39, 0.29) is 0 Å². The fourth-order valence-corrected chi connectivity index (χ4v) is 1.68. The van der Waals surface area contributed by atoms with Gasteiger partial charge in [-0.2, -0.15) is 0 Å². The minimum Gasteiger partial charge on any atom is -0.370 e. The van der Waals surface area contributed by atoms with E-state index in [0.29, 0.717) is 17.1 Å². The molecule has 3 heteroatoms. The first-order valence-electron chi connectivity index (χ1n) is 4.65. The molecule has 0 aliphatic carbocycles. The van der Waals surface area contributed by atoms with Crippen molar-refractivity contribution in [1.29, 1.82) is 0 Å². The fraction of sp³-hybridized carbons (Fsp3) is 0.250. The van der Waals surface area contributed by atoms with Gasteiger partial charge >= 0.3 is 0 Å². The van der Waals surface area contributed by atoms with Gasteiger partial charge in [0.25, 0.3) is 0 Å². The van der Waals surface area contributed by atoms with E-state index in [1.165, 1.54) is 0 Å². The van der Waals surface area contributed by atoms with E-state index in [9.17, 15) is 4.79 Å². The molecule has 0 aliphatic heterocycles. The summed E-state index contributed by atoms with van der Waals surface area (Å²) in [5.74, 6) is 0. The van der Waals surface area contributed by atoms with E-state index < -0.39 is 0 Å². The Morgan fingerprint density at radius 1 is 1.60 bits per heavy atom. The predicted octanol–water partition coefficient (Wildman–Crippen LogP) is 3.16. The number of carbonyl (C=O) groups is 1. The van der Waals surface area contributed by atoms with Gasteiger partial charge < -0.3 is 4.90 Å². The molecule has 0 unspecified atom stereocenters. The molecule has 1 aromatic carbocycles. The number of aldehydes is 1. The first kappa shape index (κ1) is 11.8. The van der Waals surface area contributed by atoms with Crippen molar-refractivity contribution in [3.63, 3.8) is 0 Å². The summed E-state index contributed by atoms with van der Waals surface area (Å²) in [5, 5.41) is 0.482. The highest BCUT2D eigenvalue weighted by Crippen LogP contribution is 2.25. The van der Waals surface area contributed by atoms with Crippen LogP contribution in [-0.4, -0.2) is 19.9 Å². The molecule has 0 fully saturated rings. The van der Waals surface area contributed by atoms with Crippen molar-refractivity contribution in [2.24, 2.45) is 0 Å². The van der Waals surface area contributed by atoms with Crippen LogP contribution in [-0.2, 0) is 0 Å². The molecule has 0 bridgehead atoms. The van der Waals surface area contributed by atoms with E-state index >= 15 is 0 Å². The first-order valence-corrected chi connectivity index (χ1v) is 5.03. The second-order valence-electron chi connectivity index (χ2n) is 3.60. The van der Waals surface area contributed by atoms with Crippen LogP contribution < -0.4 is 4.90 Å². The van der Waals surface area contributed by atoms with Crippen molar-refractivity contribution in [2.75, 3.05) is 18.5 Å². The molecular formula is C12H14ClNO. The Labute approximate surface area is 95.2 Å². The minimum atomic E-state index is 0.482. The van der Waals surface area contributed by atoms with Crippen molar-refractivity contribution < 1.29 is 4.79 Å². The number of hydrogen-bond acceptors (Lipinski definition) is 2. The van der Waals surface area contributed by atoms with Gasteiger partial charge in [-0.1, -0.05) is 29.8 Å². The molecule has 0 N–H and O–H groups in total. The Balaban J connectivity index is 3.07. The molecule has 1 aromatic rings. The van der Waals surface area contributed by atoms with Gasteiger partial charge in [0.05, 0.1) is 10.6 Å². The molecule has 0 aliphatic rings. The van der Waals surface area contributed by atoms with E-state index in [2.05, 4.69) is 6.58 Å². The highest BCUT2D eigenvalue weighted by atomic mass is 35.5. The maximum Gasteiger partial charge on any atom is 0.153 e. The van der Waals surface area contributed by atoms with Crippen LogP contribution in [0.5, 0.6) is 0 Å². The van der Waals surface area contributed by atoms with Crippen LogP contribution in [0.3, 0.4) is 0 Å². The Kier molecular flexibility index (Phi) is 3.92. The molecule has 2 nitrogen and oxygen atoms in total. The number of carbonyl (C=O) groups excluding carboxylic acids is 1. The van der Waals surface area contributed by atoms with E-state index in [4.69, 9.17) is 11.6 Å². The Hall–Kier alpha value is -1.28. The lowest BCUT2D eigenvalue weighted by Gasteiger charge is -2.21. The highest BCUT2D eigenvalue weighted by Gasteiger charge is 2.09. The molecule has 0 heterocycles. The average Bonchev–Trinajstić information content (AvgIpc) is 2.16. The molecule has 15 heavy (non-hydrogen) atoms. The lowest BCUT2D eigenvalue weighted by Crippen LogP contribution is -2.20. The van der Waals surface area contributed by atoms with E-state index in [1.54, 1.807) is 6.07 Å². The summed E-state index contributed by atoms with van der Waals surface area (Å²) in [5.41, 5.74) is 2.40. The zero-order chi connectivity index (χ0) is 11.4. The molecular weight excluding hydrogens is 210 g/mol. The molecule has 1 rings (SSSR count). The molecule has 0 spiro atoms. The molecule has 0 saturated heterocycles. The predicted molar refractivity (Wildman–Crippen MR) is 64.9 cm³/mol. The van der Waals surface area contributed by atoms with Gasteiger partial charge in [-0.3, -0.25) is 4.79 Å². The fourth-order valence-electron chi connectivity index (χ4n) is 1.47. The lowest BCUT2D eigenvalue weighted by atomic mass is 10.1. The Morgan fingerprint density at radius 2 is 2.27 bits per heavy atom. The van der Waals surface area contributed by atoms with Gasteiger partial charge in [-0.05, 0) is 19.1 Å². The number of anilines is 1. The van der Waals surface area contributed by atoms with Crippen LogP contribution in [0, 0.1) is 0 Å². The van der Waals surface area contributed by atoms with Crippen LogP contribution >= 0.6 is 11.6 Å². The number of hydrogen-bond donors (Lipinski definition) is 0. The van der Waals surface area contributed by atoms with Crippen LogP contribution in [0.4, 0.5) is 5.69 Å². The van der Waals surface area contributed by atoms with Crippen LogP contribution in [0.2, 0.25) is 5.02 Å². The number of benzene rings is 1.